The first kappa shape index (κ1) is 11.0. The molecule has 2 unspecified atom stereocenters. The van der Waals surface area contributed by atoms with Crippen molar-refractivity contribution in [3.05, 3.63) is 29.6 Å². The van der Waals surface area contributed by atoms with E-state index in [1.807, 2.05) is 13.8 Å². The summed E-state index contributed by atoms with van der Waals surface area (Å²) < 4.78 is 26.3. The van der Waals surface area contributed by atoms with Crippen LogP contribution in [0.3, 0.4) is 0 Å². The van der Waals surface area contributed by atoms with Crippen molar-refractivity contribution in [3.63, 3.8) is 0 Å². The first-order valence-electron chi connectivity index (χ1n) is 5.09. The minimum absolute atomic E-state index is 0.0325. The van der Waals surface area contributed by atoms with Gasteiger partial charge in [0.1, 0.15) is 17.2 Å². The minimum Gasteiger partial charge on any atom is -0.342 e. The second-order valence-corrected chi connectivity index (χ2v) is 4.05. The Morgan fingerprint density at radius 1 is 1.31 bits per heavy atom. The monoisotopic (exact) mass is 225 g/mol. The third-order valence-corrected chi connectivity index (χ3v) is 2.74. The normalized spacial score (nSPS) is 15.3. The number of aromatic nitrogens is 2. The third kappa shape index (κ3) is 1.78. The fourth-order valence-corrected chi connectivity index (χ4v) is 1.53. The Labute approximate surface area is 91.7 Å². The van der Waals surface area contributed by atoms with Crippen molar-refractivity contribution < 1.29 is 8.78 Å². The lowest BCUT2D eigenvalue weighted by Gasteiger charge is -2.11. The maximum absolute atomic E-state index is 13.4. The number of halogens is 2. The van der Waals surface area contributed by atoms with E-state index in [9.17, 15) is 8.78 Å². The molecule has 5 heteroatoms. The van der Waals surface area contributed by atoms with Crippen LogP contribution in [0.5, 0.6) is 0 Å². The number of hydrogen-bond acceptors (Lipinski definition) is 2. The van der Waals surface area contributed by atoms with Gasteiger partial charge in [-0.05, 0) is 13.0 Å². The van der Waals surface area contributed by atoms with E-state index >= 15 is 0 Å². The first-order chi connectivity index (χ1) is 7.49. The molecule has 0 bridgehead atoms. The molecule has 0 spiro atoms. The van der Waals surface area contributed by atoms with Gasteiger partial charge < -0.3 is 10.7 Å². The van der Waals surface area contributed by atoms with Crippen LogP contribution in [0.2, 0.25) is 0 Å². The number of nitrogens with zero attached hydrogens (tertiary/aromatic N) is 1. The van der Waals surface area contributed by atoms with Crippen LogP contribution in [-0.2, 0) is 0 Å². The van der Waals surface area contributed by atoms with Crippen molar-refractivity contribution in [1.82, 2.24) is 9.97 Å². The number of rotatable bonds is 2. The van der Waals surface area contributed by atoms with E-state index in [1.54, 1.807) is 0 Å². The highest BCUT2D eigenvalue weighted by molar-refractivity contribution is 5.75. The molecule has 0 fully saturated rings. The van der Waals surface area contributed by atoms with Crippen LogP contribution in [0.25, 0.3) is 11.0 Å². The standard InChI is InChI=1S/C11H13F2N3/c1-5(6(2)14)11-15-9-4-7(12)3-8(13)10(9)16-11/h3-6H,14H2,1-2H3,(H,15,16). The molecule has 3 nitrogen and oxygen atoms in total. The van der Waals surface area contributed by atoms with Gasteiger partial charge in [0, 0.05) is 18.0 Å². The van der Waals surface area contributed by atoms with Crippen LogP contribution in [0.4, 0.5) is 8.78 Å². The summed E-state index contributed by atoms with van der Waals surface area (Å²) in [5.74, 6) is -0.729. The molecule has 0 saturated heterocycles. The second-order valence-electron chi connectivity index (χ2n) is 4.05. The predicted octanol–water partition coefficient (Wildman–Crippen LogP) is 2.29. The summed E-state index contributed by atoms with van der Waals surface area (Å²) in [6.07, 6.45) is 0. The van der Waals surface area contributed by atoms with Gasteiger partial charge in [-0.25, -0.2) is 13.8 Å². The van der Waals surface area contributed by atoms with Crippen LogP contribution in [-0.4, -0.2) is 16.0 Å². The number of nitrogens with one attached hydrogen (secondary N) is 1. The summed E-state index contributed by atoms with van der Waals surface area (Å²) in [5, 5.41) is 0. The topological polar surface area (TPSA) is 54.7 Å². The second kappa shape index (κ2) is 3.83. The molecule has 1 heterocycles. The van der Waals surface area contributed by atoms with E-state index in [0.717, 1.165) is 6.07 Å². The largest absolute Gasteiger partial charge is 0.342 e. The molecule has 2 atom stereocenters. The van der Waals surface area contributed by atoms with Gasteiger partial charge in [0.2, 0.25) is 0 Å². The lowest BCUT2D eigenvalue weighted by Crippen LogP contribution is -2.23. The van der Waals surface area contributed by atoms with Crippen LogP contribution in [0.1, 0.15) is 25.6 Å². The molecule has 0 saturated carbocycles. The molecule has 0 amide bonds. The van der Waals surface area contributed by atoms with E-state index in [-0.39, 0.29) is 17.5 Å². The molecular formula is C11H13F2N3. The summed E-state index contributed by atoms with van der Waals surface area (Å²) in [5.41, 5.74) is 6.25. The van der Waals surface area contributed by atoms with Gasteiger partial charge in [-0.2, -0.15) is 0 Å². The molecular weight excluding hydrogens is 212 g/mol. The Morgan fingerprint density at radius 3 is 2.62 bits per heavy atom. The molecule has 0 aliphatic rings. The minimum atomic E-state index is -0.658. The average molecular weight is 225 g/mol. The van der Waals surface area contributed by atoms with Crippen LogP contribution < -0.4 is 5.73 Å². The highest BCUT2D eigenvalue weighted by Crippen LogP contribution is 2.22. The van der Waals surface area contributed by atoms with Gasteiger partial charge in [-0.15, -0.1) is 0 Å². The Bertz CT molecular complexity index is 519. The summed E-state index contributed by atoms with van der Waals surface area (Å²) in [6.45, 7) is 3.73. The smallest absolute Gasteiger partial charge is 0.153 e. The van der Waals surface area contributed by atoms with Crippen molar-refractivity contribution in [1.29, 1.82) is 0 Å². The van der Waals surface area contributed by atoms with Crippen LogP contribution in [0, 0.1) is 11.6 Å². The fraction of sp³-hybridized carbons (Fsp3) is 0.364. The number of benzene rings is 1. The molecule has 1 aromatic carbocycles. The number of nitrogens with two attached hydrogens (primary N) is 1. The van der Waals surface area contributed by atoms with Crippen molar-refractivity contribution in [2.75, 3.05) is 0 Å². The van der Waals surface area contributed by atoms with Gasteiger partial charge in [-0.3, -0.25) is 0 Å². The van der Waals surface area contributed by atoms with E-state index in [2.05, 4.69) is 9.97 Å². The maximum Gasteiger partial charge on any atom is 0.153 e. The lowest BCUT2D eigenvalue weighted by molar-refractivity contribution is 0.584. The Balaban J connectivity index is 2.56. The fourth-order valence-electron chi connectivity index (χ4n) is 1.53. The number of imidazole rings is 1. The van der Waals surface area contributed by atoms with E-state index in [4.69, 9.17) is 5.73 Å². The third-order valence-electron chi connectivity index (χ3n) is 2.74. The molecule has 3 N–H and O–H groups in total. The SMILES string of the molecule is CC(N)C(C)c1nc2c(F)cc(F)cc2[nH]1. The Kier molecular flexibility index (Phi) is 2.63. The highest BCUT2D eigenvalue weighted by atomic mass is 19.1. The van der Waals surface area contributed by atoms with Gasteiger partial charge >= 0.3 is 0 Å². The molecule has 16 heavy (non-hydrogen) atoms. The Morgan fingerprint density at radius 2 is 2.00 bits per heavy atom. The summed E-state index contributed by atoms with van der Waals surface area (Å²) in [4.78, 5) is 6.98. The van der Waals surface area contributed by atoms with Crippen molar-refractivity contribution in [3.8, 4) is 0 Å². The van der Waals surface area contributed by atoms with Gasteiger partial charge in [0.15, 0.2) is 5.82 Å². The van der Waals surface area contributed by atoms with E-state index in [1.165, 1.54) is 6.07 Å². The zero-order valence-electron chi connectivity index (χ0n) is 9.09. The van der Waals surface area contributed by atoms with Crippen molar-refractivity contribution >= 4 is 11.0 Å². The molecule has 86 valence electrons. The van der Waals surface area contributed by atoms with E-state index < -0.39 is 11.6 Å². The number of fused-ring (bicyclic) bond motifs is 1. The van der Waals surface area contributed by atoms with Gasteiger partial charge in [0.05, 0.1) is 5.52 Å². The zero-order valence-corrected chi connectivity index (χ0v) is 9.09. The molecule has 0 aliphatic carbocycles. The molecule has 0 aliphatic heterocycles. The molecule has 0 radical (unpaired) electrons. The molecule has 2 aromatic rings. The van der Waals surface area contributed by atoms with Gasteiger partial charge in [0.25, 0.3) is 0 Å². The number of aromatic amines is 1. The zero-order chi connectivity index (χ0) is 11.9. The summed E-state index contributed by atoms with van der Waals surface area (Å²) in [6, 6.07) is 1.94. The number of H-pyrrole nitrogens is 1. The molecule has 2 rings (SSSR count). The molecule has 1 aromatic heterocycles. The van der Waals surface area contributed by atoms with Crippen LogP contribution in [0.15, 0.2) is 12.1 Å². The van der Waals surface area contributed by atoms with Gasteiger partial charge in [-0.1, -0.05) is 6.92 Å². The summed E-state index contributed by atoms with van der Waals surface area (Å²) in [7, 11) is 0. The maximum atomic E-state index is 13.4. The summed E-state index contributed by atoms with van der Waals surface area (Å²) >= 11 is 0. The lowest BCUT2D eigenvalue weighted by atomic mass is 10.0. The predicted molar refractivity (Wildman–Crippen MR) is 58.1 cm³/mol. The highest BCUT2D eigenvalue weighted by Gasteiger charge is 2.16. The van der Waals surface area contributed by atoms with E-state index in [0.29, 0.717) is 11.3 Å². The van der Waals surface area contributed by atoms with Crippen molar-refractivity contribution in [2.45, 2.75) is 25.8 Å². The average Bonchev–Trinajstić information content (AvgIpc) is 2.60. The van der Waals surface area contributed by atoms with Crippen LogP contribution >= 0.6 is 0 Å². The first-order valence-corrected chi connectivity index (χ1v) is 5.09. The number of hydrogen-bond donors (Lipinski definition) is 2. The quantitative estimate of drug-likeness (QED) is 0.823. The Hall–Kier alpha value is -1.49. The van der Waals surface area contributed by atoms with Crippen molar-refractivity contribution in [2.24, 2.45) is 5.73 Å².